The van der Waals surface area contributed by atoms with Crippen molar-refractivity contribution in [2.75, 3.05) is 11.9 Å². The van der Waals surface area contributed by atoms with E-state index in [1.54, 1.807) is 0 Å². The first-order chi connectivity index (χ1) is 7.72. The molecule has 0 spiro atoms. The maximum absolute atomic E-state index is 8.40. The molecule has 1 aromatic carbocycles. The van der Waals surface area contributed by atoms with Gasteiger partial charge in [-0.1, -0.05) is 13.8 Å². The zero-order chi connectivity index (χ0) is 11.8. The number of unbranched alkanes of at least 4 members (excludes halogenated alkanes) is 1. The molecule has 3 heteroatoms. The molecule has 0 radical (unpaired) electrons. The van der Waals surface area contributed by atoms with Crippen LogP contribution in [0.15, 0.2) is 29.2 Å². The molecule has 0 aliphatic rings. The Hall–Kier alpha value is -1.14. The van der Waals surface area contributed by atoms with Crippen molar-refractivity contribution < 1.29 is 0 Å². The van der Waals surface area contributed by atoms with Gasteiger partial charge in [-0.2, -0.15) is 5.26 Å². The summed E-state index contributed by atoms with van der Waals surface area (Å²) in [5, 5.41) is 12.3. The smallest absolute Gasteiger partial charge is 0.0622 e. The molecular formula is C13H18N2S. The maximum atomic E-state index is 8.40. The Balaban J connectivity index is 2.37. The largest absolute Gasteiger partial charge is 0.385 e. The number of anilines is 1. The standard InChI is InChI=1S/C13H18N2S/c1-11(2)16-13-7-5-12(6-8-13)15-10-4-3-9-14/h5-8,11,15H,3-4,10H2,1-2H3. The Morgan fingerprint density at radius 1 is 1.31 bits per heavy atom. The average Bonchev–Trinajstić information content (AvgIpc) is 2.26. The van der Waals surface area contributed by atoms with Crippen LogP contribution in [0.5, 0.6) is 0 Å². The fraction of sp³-hybridized carbons (Fsp3) is 0.462. The van der Waals surface area contributed by atoms with Crippen molar-refractivity contribution in [3.05, 3.63) is 24.3 Å². The van der Waals surface area contributed by atoms with Crippen molar-refractivity contribution in [3.63, 3.8) is 0 Å². The van der Waals surface area contributed by atoms with Gasteiger partial charge in [0.2, 0.25) is 0 Å². The van der Waals surface area contributed by atoms with Gasteiger partial charge in [-0.25, -0.2) is 0 Å². The minimum absolute atomic E-state index is 0.619. The Morgan fingerprint density at radius 3 is 2.56 bits per heavy atom. The third kappa shape index (κ3) is 5.09. The summed E-state index contributed by atoms with van der Waals surface area (Å²) in [6, 6.07) is 10.6. The van der Waals surface area contributed by atoms with Crippen LogP contribution < -0.4 is 5.32 Å². The van der Waals surface area contributed by atoms with E-state index >= 15 is 0 Å². The molecule has 0 heterocycles. The molecule has 0 amide bonds. The topological polar surface area (TPSA) is 35.8 Å². The molecule has 1 N–H and O–H groups in total. The Kier molecular flexibility index (Phi) is 5.81. The number of benzene rings is 1. The number of nitriles is 1. The number of rotatable bonds is 6. The van der Waals surface area contributed by atoms with Crippen molar-refractivity contribution in [1.82, 2.24) is 0 Å². The molecule has 0 fully saturated rings. The Bertz CT molecular complexity index is 338. The van der Waals surface area contributed by atoms with Crippen LogP contribution in [0.3, 0.4) is 0 Å². The van der Waals surface area contributed by atoms with Crippen molar-refractivity contribution in [1.29, 1.82) is 5.26 Å². The molecule has 0 bridgehead atoms. The summed E-state index contributed by atoms with van der Waals surface area (Å²) >= 11 is 1.87. The molecule has 1 rings (SSSR count). The van der Waals surface area contributed by atoms with Gasteiger partial charge in [0.1, 0.15) is 0 Å². The zero-order valence-electron chi connectivity index (χ0n) is 9.86. The minimum Gasteiger partial charge on any atom is -0.385 e. The zero-order valence-corrected chi connectivity index (χ0v) is 10.7. The maximum Gasteiger partial charge on any atom is 0.0622 e. The van der Waals surface area contributed by atoms with Gasteiger partial charge in [0.25, 0.3) is 0 Å². The number of nitrogens with one attached hydrogen (secondary N) is 1. The van der Waals surface area contributed by atoms with E-state index in [1.807, 2.05) is 11.8 Å². The van der Waals surface area contributed by atoms with Crippen LogP contribution in [0.1, 0.15) is 26.7 Å². The summed E-state index contributed by atoms with van der Waals surface area (Å²) in [7, 11) is 0. The van der Waals surface area contributed by atoms with E-state index < -0.39 is 0 Å². The van der Waals surface area contributed by atoms with Gasteiger partial charge in [0.15, 0.2) is 0 Å². The van der Waals surface area contributed by atoms with E-state index in [-0.39, 0.29) is 0 Å². The molecule has 0 aliphatic carbocycles. The lowest BCUT2D eigenvalue weighted by molar-refractivity contribution is 0.897. The van der Waals surface area contributed by atoms with Crippen LogP contribution in [0, 0.1) is 11.3 Å². The molecule has 0 saturated carbocycles. The van der Waals surface area contributed by atoms with E-state index in [0.717, 1.165) is 18.7 Å². The lowest BCUT2D eigenvalue weighted by atomic mass is 10.3. The van der Waals surface area contributed by atoms with Gasteiger partial charge < -0.3 is 5.32 Å². The first-order valence-corrected chi connectivity index (χ1v) is 6.48. The molecule has 0 aliphatic heterocycles. The van der Waals surface area contributed by atoms with Gasteiger partial charge >= 0.3 is 0 Å². The molecule has 0 unspecified atom stereocenters. The second-order valence-corrected chi connectivity index (χ2v) is 5.53. The summed E-state index contributed by atoms with van der Waals surface area (Å²) in [5.74, 6) is 0. The van der Waals surface area contributed by atoms with Gasteiger partial charge in [-0.15, -0.1) is 11.8 Å². The number of hydrogen-bond donors (Lipinski definition) is 1. The van der Waals surface area contributed by atoms with Crippen LogP contribution in [0.4, 0.5) is 5.69 Å². The summed E-state index contributed by atoms with van der Waals surface area (Å²) in [5.41, 5.74) is 1.13. The second kappa shape index (κ2) is 7.19. The third-order valence-corrected chi connectivity index (χ3v) is 3.04. The summed E-state index contributed by atoms with van der Waals surface area (Å²) in [4.78, 5) is 1.30. The van der Waals surface area contributed by atoms with Gasteiger partial charge in [0, 0.05) is 28.8 Å². The summed E-state index contributed by atoms with van der Waals surface area (Å²) in [6.45, 7) is 5.25. The Morgan fingerprint density at radius 2 is 2.00 bits per heavy atom. The quantitative estimate of drug-likeness (QED) is 0.599. The highest BCUT2D eigenvalue weighted by Gasteiger charge is 1.98. The normalized spacial score (nSPS) is 10.1. The van der Waals surface area contributed by atoms with E-state index in [2.05, 4.69) is 49.5 Å². The number of hydrogen-bond acceptors (Lipinski definition) is 3. The SMILES string of the molecule is CC(C)Sc1ccc(NCCCC#N)cc1. The average molecular weight is 234 g/mol. The summed E-state index contributed by atoms with van der Waals surface area (Å²) in [6.07, 6.45) is 1.52. The van der Waals surface area contributed by atoms with Crippen LogP contribution in [0.25, 0.3) is 0 Å². The minimum atomic E-state index is 0.619. The van der Waals surface area contributed by atoms with E-state index in [1.165, 1.54) is 4.90 Å². The molecule has 1 aromatic rings. The molecular weight excluding hydrogens is 216 g/mol. The second-order valence-electron chi connectivity index (χ2n) is 3.88. The van der Waals surface area contributed by atoms with E-state index in [0.29, 0.717) is 11.7 Å². The first kappa shape index (κ1) is 12.9. The Labute approximate surface area is 102 Å². The van der Waals surface area contributed by atoms with Gasteiger partial charge in [0.05, 0.1) is 6.07 Å². The van der Waals surface area contributed by atoms with Crippen LogP contribution in [-0.4, -0.2) is 11.8 Å². The predicted molar refractivity (Wildman–Crippen MR) is 70.8 cm³/mol. The highest BCUT2D eigenvalue weighted by Crippen LogP contribution is 2.24. The monoisotopic (exact) mass is 234 g/mol. The molecule has 16 heavy (non-hydrogen) atoms. The number of nitrogens with zero attached hydrogens (tertiary/aromatic N) is 1. The molecule has 86 valence electrons. The molecule has 0 atom stereocenters. The molecule has 2 nitrogen and oxygen atoms in total. The van der Waals surface area contributed by atoms with Crippen molar-refractivity contribution in [2.24, 2.45) is 0 Å². The first-order valence-electron chi connectivity index (χ1n) is 5.60. The lowest BCUT2D eigenvalue weighted by Crippen LogP contribution is -2.00. The molecule has 0 aromatic heterocycles. The fourth-order valence-electron chi connectivity index (χ4n) is 1.32. The van der Waals surface area contributed by atoms with E-state index in [9.17, 15) is 0 Å². The highest BCUT2D eigenvalue weighted by atomic mass is 32.2. The van der Waals surface area contributed by atoms with Gasteiger partial charge in [-0.05, 0) is 30.7 Å². The number of thioether (sulfide) groups is 1. The fourth-order valence-corrected chi connectivity index (χ4v) is 2.16. The van der Waals surface area contributed by atoms with Crippen molar-refractivity contribution >= 4 is 17.4 Å². The predicted octanol–water partition coefficient (Wildman–Crippen LogP) is 3.90. The highest BCUT2D eigenvalue weighted by molar-refractivity contribution is 7.99. The van der Waals surface area contributed by atoms with E-state index in [4.69, 9.17) is 5.26 Å². The van der Waals surface area contributed by atoms with Gasteiger partial charge in [-0.3, -0.25) is 0 Å². The molecule has 0 saturated heterocycles. The summed E-state index contributed by atoms with van der Waals surface area (Å²) < 4.78 is 0. The lowest BCUT2D eigenvalue weighted by Gasteiger charge is -2.07. The van der Waals surface area contributed by atoms with Crippen molar-refractivity contribution in [2.45, 2.75) is 36.8 Å². The third-order valence-electron chi connectivity index (χ3n) is 2.02. The van der Waals surface area contributed by atoms with Crippen LogP contribution in [-0.2, 0) is 0 Å². The van der Waals surface area contributed by atoms with Crippen LogP contribution in [0.2, 0.25) is 0 Å². The van der Waals surface area contributed by atoms with Crippen LogP contribution >= 0.6 is 11.8 Å². The van der Waals surface area contributed by atoms with Crippen molar-refractivity contribution in [3.8, 4) is 6.07 Å².